The molecule has 98 valence electrons. The third kappa shape index (κ3) is 2.21. The van der Waals surface area contributed by atoms with E-state index < -0.39 is 0 Å². The van der Waals surface area contributed by atoms with E-state index in [4.69, 9.17) is 0 Å². The minimum absolute atomic E-state index is 0.534. The first kappa shape index (κ1) is 12.2. The van der Waals surface area contributed by atoms with Gasteiger partial charge in [0, 0.05) is 6.04 Å². The average Bonchev–Trinajstić information content (AvgIpc) is 3.02. The topological polar surface area (TPSA) is 12.0 Å². The predicted molar refractivity (Wildman–Crippen MR) is 76.6 cm³/mol. The van der Waals surface area contributed by atoms with Gasteiger partial charge >= 0.3 is 0 Å². The van der Waals surface area contributed by atoms with Gasteiger partial charge in [0.15, 0.2) is 0 Å². The van der Waals surface area contributed by atoms with Gasteiger partial charge in [0.25, 0.3) is 0 Å². The Balaban J connectivity index is 1.74. The Morgan fingerprint density at radius 1 is 1.17 bits per heavy atom. The van der Waals surface area contributed by atoms with E-state index in [9.17, 15) is 0 Å². The standard InChI is InChI=1S/C17H25N/c1-17(15-9-5-6-10-15)11-12-18-16(17)13-14-7-3-2-4-8-14/h2-4,7-8,15-16,18H,5-6,9-13H2,1H3. The largest absolute Gasteiger partial charge is 0.313 e. The third-order valence-corrected chi connectivity index (χ3v) is 5.42. The van der Waals surface area contributed by atoms with Gasteiger partial charge in [0.2, 0.25) is 0 Å². The fourth-order valence-electron chi connectivity index (χ4n) is 4.15. The first-order valence-corrected chi connectivity index (χ1v) is 7.56. The SMILES string of the molecule is CC1(C2CCCC2)CCNC1Cc1ccccc1. The van der Waals surface area contributed by atoms with Crippen molar-refractivity contribution in [3.63, 3.8) is 0 Å². The van der Waals surface area contributed by atoms with E-state index in [-0.39, 0.29) is 0 Å². The van der Waals surface area contributed by atoms with Gasteiger partial charge < -0.3 is 5.32 Å². The fraction of sp³-hybridized carbons (Fsp3) is 0.647. The molecule has 1 saturated carbocycles. The molecular formula is C17H25N. The van der Waals surface area contributed by atoms with Gasteiger partial charge in [-0.1, -0.05) is 50.1 Å². The summed E-state index contributed by atoms with van der Waals surface area (Å²) in [4.78, 5) is 0. The van der Waals surface area contributed by atoms with Crippen LogP contribution in [0.2, 0.25) is 0 Å². The molecule has 0 bridgehead atoms. The number of rotatable bonds is 3. The molecule has 3 rings (SSSR count). The van der Waals surface area contributed by atoms with Crippen molar-refractivity contribution in [3.05, 3.63) is 35.9 Å². The smallest absolute Gasteiger partial charge is 0.0164 e. The Bertz CT molecular complexity index is 380. The Kier molecular flexibility index (Phi) is 3.43. The lowest BCUT2D eigenvalue weighted by Gasteiger charge is -2.37. The monoisotopic (exact) mass is 243 g/mol. The van der Waals surface area contributed by atoms with Crippen LogP contribution in [-0.2, 0) is 6.42 Å². The highest BCUT2D eigenvalue weighted by Crippen LogP contribution is 2.47. The average molecular weight is 243 g/mol. The molecular weight excluding hydrogens is 218 g/mol. The van der Waals surface area contributed by atoms with Crippen LogP contribution in [0, 0.1) is 11.3 Å². The van der Waals surface area contributed by atoms with Crippen molar-refractivity contribution >= 4 is 0 Å². The van der Waals surface area contributed by atoms with Gasteiger partial charge in [-0.15, -0.1) is 0 Å². The van der Waals surface area contributed by atoms with Gasteiger partial charge in [-0.3, -0.25) is 0 Å². The molecule has 1 nitrogen and oxygen atoms in total. The van der Waals surface area contributed by atoms with Gasteiger partial charge in [-0.05, 0) is 49.1 Å². The van der Waals surface area contributed by atoms with Crippen molar-refractivity contribution in [3.8, 4) is 0 Å². The van der Waals surface area contributed by atoms with E-state index in [0.29, 0.717) is 11.5 Å². The van der Waals surface area contributed by atoms with Crippen LogP contribution in [0.1, 0.15) is 44.6 Å². The van der Waals surface area contributed by atoms with E-state index in [2.05, 4.69) is 42.6 Å². The number of benzene rings is 1. The summed E-state index contributed by atoms with van der Waals surface area (Å²) in [5.41, 5.74) is 2.02. The molecule has 0 spiro atoms. The van der Waals surface area contributed by atoms with Crippen molar-refractivity contribution in [2.24, 2.45) is 11.3 Å². The summed E-state index contributed by atoms with van der Waals surface area (Å²) in [6, 6.07) is 11.7. The molecule has 0 radical (unpaired) electrons. The maximum Gasteiger partial charge on any atom is 0.0164 e. The number of hydrogen-bond donors (Lipinski definition) is 1. The second-order valence-electron chi connectivity index (χ2n) is 6.43. The lowest BCUT2D eigenvalue weighted by Crippen LogP contribution is -2.40. The summed E-state index contributed by atoms with van der Waals surface area (Å²) in [5.74, 6) is 0.959. The Morgan fingerprint density at radius 2 is 1.89 bits per heavy atom. The summed E-state index contributed by atoms with van der Waals surface area (Å²) in [7, 11) is 0. The summed E-state index contributed by atoms with van der Waals surface area (Å²) in [5, 5.41) is 3.77. The molecule has 1 N–H and O–H groups in total. The van der Waals surface area contributed by atoms with E-state index in [0.717, 1.165) is 5.92 Å². The van der Waals surface area contributed by atoms with Crippen LogP contribution in [0.25, 0.3) is 0 Å². The quantitative estimate of drug-likeness (QED) is 0.851. The van der Waals surface area contributed by atoms with E-state index in [1.165, 1.54) is 50.6 Å². The first-order chi connectivity index (χ1) is 8.79. The van der Waals surface area contributed by atoms with Gasteiger partial charge in [0.1, 0.15) is 0 Å². The Hall–Kier alpha value is -0.820. The molecule has 0 amide bonds. The van der Waals surface area contributed by atoms with Crippen molar-refractivity contribution in [1.29, 1.82) is 0 Å². The normalized spacial score (nSPS) is 33.1. The second kappa shape index (κ2) is 5.05. The van der Waals surface area contributed by atoms with Crippen LogP contribution in [0.3, 0.4) is 0 Å². The van der Waals surface area contributed by atoms with E-state index in [1.54, 1.807) is 0 Å². The molecule has 1 heteroatoms. The fourth-order valence-corrected chi connectivity index (χ4v) is 4.15. The van der Waals surface area contributed by atoms with Crippen LogP contribution >= 0.6 is 0 Å². The lowest BCUT2D eigenvalue weighted by molar-refractivity contribution is 0.162. The van der Waals surface area contributed by atoms with E-state index >= 15 is 0 Å². The van der Waals surface area contributed by atoms with Crippen molar-refractivity contribution in [2.75, 3.05) is 6.54 Å². The molecule has 2 atom stereocenters. The summed E-state index contributed by atoms with van der Waals surface area (Å²) in [6.45, 7) is 3.75. The molecule has 1 aromatic rings. The van der Waals surface area contributed by atoms with Gasteiger partial charge in [0.05, 0.1) is 0 Å². The van der Waals surface area contributed by atoms with Crippen LogP contribution in [0.15, 0.2) is 30.3 Å². The zero-order chi connectivity index (χ0) is 12.4. The second-order valence-corrected chi connectivity index (χ2v) is 6.43. The molecule has 1 aromatic carbocycles. The molecule has 18 heavy (non-hydrogen) atoms. The summed E-state index contributed by atoms with van der Waals surface area (Å²) < 4.78 is 0. The third-order valence-electron chi connectivity index (χ3n) is 5.42. The molecule has 1 aliphatic heterocycles. The van der Waals surface area contributed by atoms with Crippen molar-refractivity contribution < 1.29 is 0 Å². The summed E-state index contributed by atoms with van der Waals surface area (Å²) >= 11 is 0. The number of hydrogen-bond acceptors (Lipinski definition) is 1. The number of nitrogens with one attached hydrogen (secondary N) is 1. The highest BCUT2D eigenvalue weighted by Gasteiger charge is 2.44. The minimum Gasteiger partial charge on any atom is -0.313 e. The summed E-state index contributed by atoms with van der Waals surface area (Å²) in [6.07, 6.45) is 8.41. The minimum atomic E-state index is 0.534. The molecule has 1 saturated heterocycles. The van der Waals surface area contributed by atoms with Crippen molar-refractivity contribution in [1.82, 2.24) is 5.32 Å². The van der Waals surface area contributed by atoms with E-state index in [1.807, 2.05) is 0 Å². The van der Waals surface area contributed by atoms with Crippen LogP contribution < -0.4 is 5.32 Å². The lowest BCUT2D eigenvalue weighted by atomic mass is 9.69. The van der Waals surface area contributed by atoms with Crippen LogP contribution in [-0.4, -0.2) is 12.6 Å². The molecule has 1 heterocycles. The zero-order valence-electron chi connectivity index (χ0n) is 11.5. The molecule has 1 aliphatic carbocycles. The maximum atomic E-state index is 3.77. The Labute approximate surface area is 111 Å². The highest BCUT2D eigenvalue weighted by molar-refractivity contribution is 5.18. The van der Waals surface area contributed by atoms with Gasteiger partial charge in [-0.2, -0.15) is 0 Å². The van der Waals surface area contributed by atoms with Crippen LogP contribution in [0.4, 0.5) is 0 Å². The maximum absolute atomic E-state index is 3.77. The highest BCUT2D eigenvalue weighted by atomic mass is 15.0. The zero-order valence-corrected chi connectivity index (χ0v) is 11.5. The first-order valence-electron chi connectivity index (χ1n) is 7.56. The van der Waals surface area contributed by atoms with Crippen LogP contribution in [0.5, 0.6) is 0 Å². The molecule has 2 aliphatic rings. The van der Waals surface area contributed by atoms with Gasteiger partial charge in [-0.25, -0.2) is 0 Å². The predicted octanol–water partition coefficient (Wildman–Crippen LogP) is 3.79. The van der Waals surface area contributed by atoms with Crippen molar-refractivity contribution in [2.45, 2.75) is 51.5 Å². The molecule has 2 unspecified atom stereocenters. The molecule has 2 fully saturated rings. The Morgan fingerprint density at radius 3 is 2.61 bits per heavy atom. The molecule has 0 aromatic heterocycles.